The number of ether oxygens (including phenoxy) is 2. The van der Waals surface area contributed by atoms with Crippen molar-refractivity contribution >= 4 is 23.4 Å². The van der Waals surface area contributed by atoms with E-state index in [1.54, 1.807) is 4.90 Å². The third-order valence-electron chi connectivity index (χ3n) is 8.04. The van der Waals surface area contributed by atoms with Gasteiger partial charge in [-0.25, -0.2) is 0 Å². The number of nitrogens with one attached hydrogen (secondary N) is 1. The van der Waals surface area contributed by atoms with Crippen LogP contribution in [0, 0.1) is 0 Å². The summed E-state index contributed by atoms with van der Waals surface area (Å²) in [5.41, 5.74) is 2.29. The number of rotatable bonds is 6. The molecule has 1 unspecified atom stereocenters. The molecule has 6 rings (SSSR count). The largest absolute Gasteiger partial charge is 0.489 e. The van der Waals surface area contributed by atoms with Crippen LogP contribution in [0.2, 0.25) is 5.02 Å². The van der Waals surface area contributed by atoms with Crippen molar-refractivity contribution in [2.24, 2.45) is 0 Å². The van der Waals surface area contributed by atoms with Crippen molar-refractivity contribution in [3.8, 4) is 11.5 Å². The number of allylic oxidation sites excluding steroid dienone is 1. The third kappa shape index (κ3) is 4.82. The van der Waals surface area contributed by atoms with Gasteiger partial charge in [0.05, 0.1) is 5.02 Å². The zero-order chi connectivity index (χ0) is 25.5. The van der Waals surface area contributed by atoms with Crippen LogP contribution in [0.25, 0.3) is 0 Å². The Hall–Kier alpha value is -3.03. The molecule has 1 saturated carbocycles. The number of para-hydroxylation sites is 1. The van der Waals surface area contributed by atoms with Crippen molar-refractivity contribution in [1.29, 1.82) is 0 Å². The standard InChI is InChI=1S/C29H32ClN3O4/c1-18-10-13-25(28(34)31-18)33-15-19-14-20(11-12-22(19)29(33)35)36-27-9-5-3-7-24(27)32-16-21(17-32)37-26-8-4-2-6-23(26)30/h2,4,6,8,11-12,14,21,24-25,27H,1,3,5,7,9-10,13,15-17H2,(H,31,34)/t24-,25?,27+/m1/s1. The number of carbonyl (C=O) groups excluding carboxylic acids is 2. The number of benzene rings is 2. The van der Waals surface area contributed by atoms with Gasteiger partial charge < -0.3 is 19.7 Å². The van der Waals surface area contributed by atoms with Gasteiger partial charge in [-0.2, -0.15) is 0 Å². The summed E-state index contributed by atoms with van der Waals surface area (Å²) in [6, 6.07) is 13.2. The second-order valence-corrected chi connectivity index (χ2v) is 10.9. The number of amides is 2. The summed E-state index contributed by atoms with van der Waals surface area (Å²) in [5.74, 6) is 1.29. The Morgan fingerprint density at radius 2 is 1.81 bits per heavy atom. The molecular weight excluding hydrogens is 490 g/mol. The number of likely N-dealkylation sites (tertiary alicyclic amines) is 1. The molecule has 2 saturated heterocycles. The average molecular weight is 522 g/mol. The maximum Gasteiger partial charge on any atom is 0.255 e. The highest BCUT2D eigenvalue weighted by Crippen LogP contribution is 2.35. The number of halogens is 1. The lowest BCUT2D eigenvalue weighted by Crippen LogP contribution is -2.62. The van der Waals surface area contributed by atoms with Crippen LogP contribution in [0.5, 0.6) is 11.5 Å². The summed E-state index contributed by atoms with van der Waals surface area (Å²) < 4.78 is 12.7. The van der Waals surface area contributed by atoms with Crippen molar-refractivity contribution in [2.75, 3.05) is 13.1 Å². The average Bonchev–Trinajstić information content (AvgIpc) is 3.18. The zero-order valence-corrected chi connectivity index (χ0v) is 21.6. The molecule has 2 aromatic carbocycles. The predicted molar refractivity (Wildman–Crippen MR) is 141 cm³/mol. The lowest BCUT2D eigenvalue weighted by molar-refractivity contribution is -0.126. The minimum atomic E-state index is -0.454. The highest BCUT2D eigenvalue weighted by molar-refractivity contribution is 6.32. The molecule has 0 radical (unpaired) electrons. The van der Waals surface area contributed by atoms with E-state index in [1.807, 2.05) is 42.5 Å². The summed E-state index contributed by atoms with van der Waals surface area (Å²) in [4.78, 5) is 29.7. The van der Waals surface area contributed by atoms with Crippen molar-refractivity contribution in [3.63, 3.8) is 0 Å². The Kier molecular flexibility index (Phi) is 6.59. The van der Waals surface area contributed by atoms with Gasteiger partial charge in [-0.15, -0.1) is 0 Å². The second kappa shape index (κ2) is 10.0. The van der Waals surface area contributed by atoms with Gasteiger partial charge in [0, 0.05) is 36.9 Å². The Labute approximate surface area is 222 Å². The van der Waals surface area contributed by atoms with E-state index in [-0.39, 0.29) is 24.0 Å². The van der Waals surface area contributed by atoms with E-state index < -0.39 is 6.04 Å². The van der Waals surface area contributed by atoms with E-state index in [1.165, 1.54) is 6.42 Å². The first kappa shape index (κ1) is 24.3. The first-order valence-corrected chi connectivity index (χ1v) is 13.6. The molecule has 2 aromatic rings. The predicted octanol–water partition coefficient (Wildman–Crippen LogP) is 4.54. The molecule has 3 atom stereocenters. The molecule has 37 heavy (non-hydrogen) atoms. The molecule has 2 amide bonds. The van der Waals surface area contributed by atoms with Gasteiger partial charge in [-0.3, -0.25) is 14.5 Å². The normalized spacial score (nSPS) is 26.5. The molecule has 194 valence electrons. The van der Waals surface area contributed by atoms with Gasteiger partial charge in [0.15, 0.2) is 0 Å². The quantitative estimate of drug-likeness (QED) is 0.604. The summed E-state index contributed by atoms with van der Waals surface area (Å²) in [7, 11) is 0. The highest BCUT2D eigenvalue weighted by atomic mass is 35.5. The van der Waals surface area contributed by atoms with Crippen molar-refractivity contribution < 1.29 is 19.1 Å². The van der Waals surface area contributed by atoms with E-state index in [0.717, 1.165) is 49.4 Å². The van der Waals surface area contributed by atoms with Crippen LogP contribution in [0.4, 0.5) is 0 Å². The van der Waals surface area contributed by atoms with Gasteiger partial charge in [0.2, 0.25) is 5.91 Å². The van der Waals surface area contributed by atoms with Gasteiger partial charge in [0.1, 0.15) is 29.7 Å². The molecule has 3 heterocycles. The van der Waals surface area contributed by atoms with E-state index in [2.05, 4.69) is 16.8 Å². The Morgan fingerprint density at radius 3 is 2.62 bits per heavy atom. The van der Waals surface area contributed by atoms with Crippen molar-refractivity contribution in [2.45, 2.75) is 69.4 Å². The van der Waals surface area contributed by atoms with Gasteiger partial charge in [-0.05, 0) is 68.0 Å². The van der Waals surface area contributed by atoms with Crippen molar-refractivity contribution in [3.05, 3.63) is 70.9 Å². The van der Waals surface area contributed by atoms with Crippen molar-refractivity contribution in [1.82, 2.24) is 15.1 Å². The van der Waals surface area contributed by atoms with Crippen LogP contribution in [-0.4, -0.2) is 59.0 Å². The number of nitrogens with zero attached hydrogens (tertiary/aromatic N) is 2. The lowest BCUT2D eigenvalue weighted by Gasteiger charge is -2.47. The van der Waals surface area contributed by atoms with E-state index >= 15 is 0 Å². The molecule has 0 spiro atoms. The van der Waals surface area contributed by atoms with E-state index in [4.69, 9.17) is 21.1 Å². The summed E-state index contributed by atoms with van der Waals surface area (Å²) in [6.45, 7) is 5.99. The molecular formula is C29H32ClN3O4. The zero-order valence-electron chi connectivity index (χ0n) is 20.8. The maximum absolute atomic E-state index is 13.1. The van der Waals surface area contributed by atoms with Crippen LogP contribution in [0.3, 0.4) is 0 Å². The number of fused-ring (bicyclic) bond motifs is 1. The highest BCUT2D eigenvalue weighted by Gasteiger charge is 2.41. The van der Waals surface area contributed by atoms with Gasteiger partial charge >= 0.3 is 0 Å². The smallest absolute Gasteiger partial charge is 0.255 e. The molecule has 1 aliphatic carbocycles. The fourth-order valence-electron chi connectivity index (χ4n) is 6.05. The molecule has 0 bridgehead atoms. The third-order valence-corrected chi connectivity index (χ3v) is 8.35. The number of hydrogen-bond donors (Lipinski definition) is 1. The topological polar surface area (TPSA) is 71.1 Å². The molecule has 3 aliphatic heterocycles. The number of carbonyl (C=O) groups is 2. The Bertz CT molecular complexity index is 1230. The fourth-order valence-corrected chi connectivity index (χ4v) is 6.23. The minimum absolute atomic E-state index is 0.0881. The van der Waals surface area contributed by atoms with Gasteiger partial charge in [-0.1, -0.05) is 36.7 Å². The monoisotopic (exact) mass is 521 g/mol. The Morgan fingerprint density at radius 1 is 1.00 bits per heavy atom. The number of hydrogen-bond acceptors (Lipinski definition) is 5. The molecule has 4 aliphatic rings. The fraction of sp³-hybridized carbons (Fsp3) is 0.448. The minimum Gasteiger partial charge on any atom is -0.489 e. The van der Waals surface area contributed by atoms with Crippen LogP contribution >= 0.6 is 11.6 Å². The van der Waals surface area contributed by atoms with Gasteiger partial charge in [0.25, 0.3) is 5.91 Å². The first-order valence-electron chi connectivity index (χ1n) is 13.2. The van der Waals surface area contributed by atoms with E-state index in [0.29, 0.717) is 41.7 Å². The summed E-state index contributed by atoms with van der Waals surface area (Å²) >= 11 is 6.26. The molecule has 1 N–H and O–H groups in total. The van der Waals surface area contributed by atoms with Crippen LogP contribution < -0.4 is 14.8 Å². The number of piperidine rings is 1. The summed E-state index contributed by atoms with van der Waals surface area (Å²) in [6.07, 6.45) is 5.97. The first-order chi connectivity index (χ1) is 18.0. The SMILES string of the molecule is C=C1CCC(N2Cc3cc(O[C@H]4CCCC[C@H]4N4CC(Oc5ccccc5Cl)C4)ccc3C2=O)C(=O)N1. The molecule has 0 aromatic heterocycles. The van der Waals surface area contributed by atoms with Crippen LogP contribution in [0.15, 0.2) is 54.7 Å². The van der Waals surface area contributed by atoms with Crippen LogP contribution in [-0.2, 0) is 11.3 Å². The van der Waals surface area contributed by atoms with Crippen LogP contribution in [0.1, 0.15) is 54.4 Å². The molecule has 3 fully saturated rings. The molecule has 8 heteroatoms. The second-order valence-electron chi connectivity index (χ2n) is 10.5. The maximum atomic E-state index is 13.1. The van der Waals surface area contributed by atoms with E-state index in [9.17, 15) is 9.59 Å². The Balaban J connectivity index is 1.09. The summed E-state index contributed by atoms with van der Waals surface area (Å²) in [5, 5.41) is 3.43. The lowest BCUT2D eigenvalue weighted by atomic mass is 9.89. The molecule has 7 nitrogen and oxygen atoms in total.